The van der Waals surface area contributed by atoms with E-state index >= 15 is 0 Å². The van der Waals surface area contributed by atoms with Crippen LogP contribution in [0.3, 0.4) is 0 Å². The van der Waals surface area contributed by atoms with Crippen LogP contribution >= 0.6 is 0 Å². The summed E-state index contributed by atoms with van der Waals surface area (Å²) in [6, 6.07) is 7.17. The largest absolute Gasteiger partial charge is 0.465 e. The third kappa shape index (κ3) is 7.14. The Morgan fingerprint density at radius 1 is 1.14 bits per heavy atom. The zero-order valence-electron chi connectivity index (χ0n) is 24.5. The minimum atomic E-state index is -1.30. The number of likely N-dealkylation sites (N-methyl/N-ethyl adjacent to an activating group) is 1. The van der Waals surface area contributed by atoms with Gasteiger partial charge < -0.3 is 36.4 Å². The summed E-state index contributed by atoms with van der Waals surface area (Å²) < 4.78 is 20.3. The van der Waals surface area contributed by atoms with E-state index in [1.54, 1.807) is 24.3 Å². The van der Waals surface area contributed by atoms with Crippen LogP contribution in [0.1, 0.15) is 47.3 Å². The second-order valence-corrected chi connectivity index (χ2v) is 10.8. The normalized spacial score (nSPS) is 17.6. The number of hydrogen-bond donors (Lipinski definition) is 5. The summed E-state index contributed by atoms with van der Waals surface area (Å²) in [5, 5.41) is 17.2. The van der Waals surface area contributed by atoms with E-state index in [1.165, 1.54) is 31.0 Å². The summed E-state index contributed by atoms with van der Waals surface area (Å²) >= 11 is 0. The predicted molar refractivity (Wildman–Crippen MR) is 157 cm³/mol. The molecule has 4 rings (SSSR count). The molecule has 14 heteroatoms. The van der Waals surface area contributed by atoms with Gasteiger partial charge in [-0.3, -0.25) is 24.1 Å². The van der Waals surface area contributed by atoms with Crippen molar-refractivity contribution in [2.45, 2.75) is 44.4 Å². The highest BCUT2D eigenvalue weighted by Crippen LogP contribution is 2.36. The zero-order chi connectivity index (χ0) is 32.0. The maximum Gasteiger partial charge on any atom is 0.407 e. The van der Waals surface area contributed by atoms with Gasteiger partial charge in [0.1, 0.15) is 23.9 Å². The lowest BCUT2D eigenvalue weighted by Gasteiger charge is -2.35. The number of fused-ring (bicyclic) bond motifs is 1. The van der Waals surface area contributed by atoms with E-state index < -0.39 is 53.7 Å². The van der Waals surface area contributed by atoms with E-state index in [-0.39, 0.29) is 36.8 Å². The lowest BCUT2D eigenvalue weighted by molar-refractivity contribution is -0.144. The van der Waals surface area contributed by atoms with Crippen LogP contribution in [-0.2, 0) is 25.7 Å². The second-order valence-electron chi connectivity index (χ2n) is 10.8. The summed E-state index contributed by atoms with van der Waals surface area (Å²) in [4.78, 5) is 67.3. The van der Waals surface area contributed by atoms with Crippen molar-refractivity contribution in [2.75, 3.05) is 38.7 Å². The number of ether oxygens (including phenoxy) is 1. The van der Waals surface area contributed by atoms with Gasteiger partial charge in [0.25, 0.3) is 11.8 Å². The fourth-order valence-electron chi connectivity index (χ4n) is 5.35. The molecule has 2 aliphatic heterocycles. The minimum absolute atomic E-state index is 0.0529. The molecule has 2 aromatic carbocycles. The van der Waals surface area contributed by atoms with Gasteiger partial charge in [-0.05, 0) is 55.0 Å². The van der Waals surface area contributed by atoms with Crippen molar-refractivity contribution in [1.82, 2.24) is 20.4 Å². The first-order valence-electron chi connectivity index (χ1n) is 14.3. The third-order valence-corrected chi connectivity index (χ3v) is 8.01. The Balaban J connectivity index is 1.63. The van der Waals surface area contributed by atoms with Crippen molar-refractivity contribution < 1.29 is 38.2 Å². The van der Waals surface area contributed by atoms with Crippen molar-refractivity contribution in [3.63, 3.8) is 0 Å². The van der Waals surface area contributed by atoms with E-state index in [0.717, 1.165) is 11.0 Å². The van der Waals surface area contributed by atoms with Gasteiger partial charge in [0.05, 0.1) is 5.69 Å². The monoisotopic (exact) mass is 612 g/mol. The molecule has 1 fully saturated rings. The van der Waals surface area contributed by atoms with Gasteiger partial charge in [-0.15, -0.1) is 0 Å². The molecule has 236 valence electrons. The summed E-state index contributed by atoms with van der Waals surface area (Å²) in [6.45, 7) is 2.63. The molecule has 0 radical (unpaired) electrons. The first kappa shape index (κ1) is 32.4. The Morgan fingerprint density at radius 3 is 2.52 bits per heavy atom. The van der Waals surface area contributed by atoms with E-state index in [0.29, 0.717) is 37.2 Å². The molecule has 0 bridgehead atoms. The van der Waals surface area contributed by atoms with Gasteiger partial charge in [0.2, 0.25) is 11.8 Å². The van der Waals surface area contributed by atoms with Crippen molar-refractivity contribution in [3.05, 3.63) is 65.0 Å². The van der Waals surface area contributed by atoms with Crippen LogP contribution < -0.4 is 21.7 Å². The number of nitrogens with two attached hydrogens (primary N) is 1. The van der Waals surface area contributed by atoms with Crippen molar-refractivity contribution in [2.24, 2.45) is 11.7 Å². The molecule has 0 saturated carbocycles. The summed E-state index contributed by atoms with van der Waals surface area (Å²) in [5.41, 5.74) is 6.54. The van der Waals surface area contributed by atoms with Crippen LogP contribution in [0.25, 0.3) is 0 Å². The first-order valence-corrected chi connectivity index (χ1v) is 14.3. The topological polar surface area (TPSA) is 183 Å². The van der Waals surface area contributed by atoms with Crippen LogP contribution in [0, 0.1) is 11.7 Å². The highest BCUT2D eigenvalue weighted by molar-refractivity contribution is 6.02. The number of rotatable bonds is 10. The Morgan fingerprint density at radius 2 is 1.84 bits per heavy atom. The van der Waals surface area contributed by atoms with Gasteiger partial charge in [0.15, 0.2) is 0 Å². The maximum absolute atomic E-state index is 14.8. The number of halogens is 1. The molecule has 0 aliphatic carbocycles. The number of carbonyl (C=O) groups is 5. The molecule has 0 spiro atoms. The molecule has 1 saturated heterocycles. The van der Waals surface area contributed by atoms with Crippen LogP contribution in [0.15, 0.2) is 42.5 Å². The minimum Gasteiger partial charge on any atom is -0.465 e. The Kier molecular flexibility index (Phi) is 10.5. The van der Waals surface area contributed by atoms with Crippen molar-refractivity contribution >= 4 is 35.4 Å². The molecule has 0 aromatic heterocycles. The van der Waals surface area contributed by atoms with E-state index in [1.807, 2.05) is 0 Å². The summed E-state index contributed by atoms with van der Waals surface area (Å²) in [5.74, 6) is -3.52. The molecule has 6 N–H and O–H groups in total. The number of benzene rings is 2. The third-order valence-electron chi connectivity index (χ3n) is 8.01. The molecular formula is C30H37FN6O7. The van der Waals surface area contributed by atoms with E-state index in [4.69, 9.17) is 10.5 Å². The highest BCUT2D eigenvalue weighted by Gasteiger charge is 2.44. The Labute approximate surface area is 253 Å². The lowest BCUT2D eigenvalue weighted by atomic mass is 9.90. The van der Waals surface area contributed by atoms with Gasteiger partial charge in [-0.25, -0.2) is 9.18 Å². The number of amides is 5. The average Bonchev–Trinajstić information content (AvgIpc) is 3.42. The molecule has 13 nitrogen and oxygen atoms in total. The molecule has 0 unspecified atom stereocenters. The first-order chi connectivity index (χ1) is 21.0. The second kappa shape index (κ2) is 14.3. The molecule has 2 heterocycles. The van der Waals surface area contributed by atoms with Crippen molar-refractivity contribution in [3.8, 4) is 0 Å². The Bertz CT molecular complexity index is 1420. The maximum atomic E-state index is 14.8. The fraction of sp³-hybridized carbons (Fsp3) is 0.433. The number of nitrogens with zero attached hydrogens (tertiary/aromatic N) is 2. The van der Waals surface area contributed by atoms with Crippen LogP contribution in [-0.4, -0.2) is 90.1 Å². The van der Waals surface area contributed by atoms with Crippen LogP contribution in [0.2, 0.25) is 0 Å². The zero-order valence-corrected chi connectivity index (χ0v) is 24.5. The van der Waals surface area contributed by atoms with E-state index in [2.05, 4.69) is 16.0 Å². The van der Waals surface area contributed by atoms with Gasteiger partial charge >= 0.3 is 6.09 Å². The number of hydrogen-bond acceptors (Lipinski definition) is 7. The molecule has 2 aromatic rings. The average molecular weight is 613 g/mol. The molecular weight excluding hydrogens is 575 g/mol. The highest BCUT2D eigenvalue weighted by atomic mass is 19.1. The number of carbonyl (C=O) groups excluding carboxylic acids is 4. The number of carboxylic acid groups (broad SMARTS) is 1. The van der Waals surface area contributed by atoms with Gasteiger partial charge in [-0.2, -0.15) is 0 Å². The van der Waals surface area contributed by atoms with Gasteiger partial charge in [-0.1, -0.05) is 24.3 Å². The van der Waals surface area contributed by atoms with Crippen molar-refractivity contribution in [1.29, 1.82) is 0 Å². The summed E-state index contributed by atoms with van der Waals surface area (Å²) in [6.07, 6.45) is -0.384. The lowest BCUT2D eigenvalue weighted by Crippen LogP contribution is -2.57. The number of anilines is 1. The molecule has 2 aliphatic rings. The summed E-state index contributed by atoms with van der Waals surface area (Å²) in [7, 11) is 1.26. The van der Waals surface area contributed by atoms with Gasteiger partial charge in [0, 0.05) is 45.5 Å². The Hall–Kier alpha value is -4.56. The quantitative estimate of drug-likeness (QED) is 0.267. The van der Waals surface area contributed by atoms with Crippen LogP contribution in [0.5, 0.6) is 0 Å². The number of nitrogens with one attached hydrogen (secondary N) is 3. The standard InChI is InChI=1S/C30H37FN6O7/c1-17(36(2)30(42)43)26(38)35-24(18-9-13-44-14-10-18)29(41)37-16-20-5-3-4-6-21(20)25(37)28(40)34-23-15-19(7-8-22(23)31)27(39)33-12-11-32/h3-8,15,17-18,24-25H,9-14,16,32H2,1-2H3,(H,33,39)(H,34,40)(H,35,38)(H,42,43)/t17-,24-,25-/m0/s1. The molecule has 3 atom stereocenters. The molecule has 5 amide bonds. The van der Waals surface area contributed by atoms with E-state index in [9.17, 15) is 33.5 Å². The molecule has 44 heavy (non-hydrogen) atoms. The predicted octanol–water partition coefficient (Wildman–Crippen LogP) is 1.45. The van der Waals surface area contributed by atoms with Crippen LogP contribution in [0.4, 0.5) is 14.9 Å². The smallest absolute Gasteiger partial charge is 0.407 e. The SMILES string of the molecule is C[C@@H](C(=O)N[C@H](C(=O)N1Cc2ccccc2[C@H]1C(=O)Nc1cc(C(=O)NCCN)ccc1F)C1CCOCC1)N(C)C(=O)O. The fourth-order valence-corrected chi connectivity index (χ4v) is 5.35.